The Kier molecular flexibility index (Phi) is 2.66. The summed E-state index contributed by atoms with van der Waals surface area (Å²) in [5.74, 6) is -0.583. The molecule has 0 aromatic heterocycles. The van der Waals surface area contributed by atoms with Crippen LogP contribution in [0, 0.1) is 0 Å². The van der Waals surface area contributed by atoms with Gasteiger partial charge in [-0.15, -0.1) is 0 Å². The van der Waals surface area contributed by atoms with Crippen molar-refractivity contribution in [3.8, 4) is 5.75 Å². The number of hydrogen-bond acceptors (Lipinski definition) is 4. The summed E-state index contributed by atoms with van der Waals surface area (Å²) in [6.07, 6.45) is 3.33. The smallest absolute Gasteiger partial charge is 0.179 e. The van der Waals surface area contributed by atoms with Crippen LogP contribution >= 0.6 is 0 Å². The van der Waals surface area contributed by atoms with Crippen LogP contribution in [-0.4, -0.2) is 27.9 Å². The summed E-state index contributed by atoms with van der Waals surface area (Å²) < 4.78 is 5.83. The summed E-state index contributed by atoms with van der Waals surface area (Å²) in [6.45, 7) is 3.58. The first-order valence-corrected chi connectivity index (χ1v) is 7.96. The summed E-state index contributed by atoms with van der Waals surface area (Å²) >= 11 is 0. The van der Waals surface area contributed by atoms with E-state index in [9.17, 15) is 14.7 Å². The molecule has 3 aliphatic rings. The molecule has 1 aliphatic carbocycles. The van der Waals surface area contributed by atoms with Crippen LogP contribution < -0.4 is 0 Å². The molecule has 0 amide bonds. The largest absolute Gasteiger partial charge is 0.508 e. The number of rotatable bonds is 2. The minimum Gasteiger partial charge on any atom is -0.508 e. The molecule has 1 N–H and O–H groups in total. The molecule has 22 heavy (non-hydrogen) atoms. The summed E-state index contributed by atoms with van der Waals surface area (Å²) in [4.78, 5) is 25.9. The third-order valence-corrected chi connectivity index (χ3v) is 5.50. The van der Waals surface area contributed by atoms with Crippen LogP contribution in [0.1, 0.15) is 62.5 Å². The average Bonchev–Trinajstić information content (AvgIpc) is 3.25. The minimum absolute atomic E-state index is 0.106. The zero-order valence-corrected chi connectivity index (χ0v) is 12.9. The van der Waals surface area contributed by atoms with Crippen molar-refractivity contribution in [2.24, 2.45) is 0 Å². The van der Waals surface area contributed by atoms with E-state index in [1.165, 1.54) is 0 Å². The summed E-state index contributed by atoms with van der Waals surface area (Å²) in [7, 11) is 0. The van der Waals surface area contributed by atoms with E-state index in [2.05, 4.69) is 0 Å². The van der Waals surface area contributed by atoms with E-state index in [0.29, 0.717) is 24.3 Å². The van der Waals surface area contributed by atoms with Gasteiger partial charge >= 0.3 is 0 Å². The molecule has 2 unspecified atom stereocenters. The lowest BCUT2D eigenvalue weighted by Crippen LogP contribution is -2.54. The van der Waals surface area contributed by atoms with Crippen LogP contribution in [0.4, 0.5) is 0 Å². The standard InChI is InChI=1S/C18H20O4/c1-17-7-8-18(2,22-17)16(21)14(15(17)20)13-9-11(19)5-6-12(13)10-3-4-10/h5-6,9-10,14,19H,3-4,7-8H2,1-2H3. The van der Waals surface area contributed by atoms with Gasteiger partial charge < -0.3 is 9.84 Å². The van der Waals surface area contributed by atoms with Crippen LogP contribution in [-0.2, 0) is 14.3 Å². The van der Waals surface area contributed by atoms with Crippen molar-refractivity contribution >= 4 is 11.6 Å². The Morgan fingerprint density at radius 2 is 1.64 bits per heavy atom. The predicted molar refractivity (Wildman–Crippen MR) is 80.0 cm³/mol. The number of phenols is 1. The lowest BCUT2D eigenvalue weighted by molar-refractivity contribution is -0.173. The lowest BCUT2D eigenvalue weighted by atomic mass is 9.76. The highest BCUT2D eigenvalue weighted by atomic mass is 16.5. The first-order chi connectivity index (χ1) is 10.3. The zero-order chi connectivity index (χ0) is 15.7. The fraction of sp³-hybridized carbons (Fsp3) is 0.556. The molecular weight excluding hydrogens is 280 g/mol. The van der Waals surface area contributed by atoms with Crippen molar-refractivity contribution in [2.75, 3.05) is 0 Å². The second kappa shape index (κ2) is 4.19. The zero-order valence-electron chi connectivity index (χ0n) is 12.9. The maximum Gasteiger partial charge on any atom is 0.179 e. The number of Topliss-reactive ketones (excluding diaryl/α,β-unsaturated/α-hetero) is 2. The Hall–Kier alpha value is -1.68. The second-order valence-electron chi connectivity index (χ2n) is 7.31. The number of phenolic OH excluding ortho intramolecular Hbond substituents is 1. The van der Waals surface area contributed by atoms with Gasteiger partial charge in [0.15, 0.2) is 11.6 Å². The van der Waals surface area contributed by atoms with E-state index in [1.807, 2.05) is 6.07 Å². The fourth-order valence-electron chi connectivity index (χ4n) is 4.01. The van der Waals surface area contributed by atoms with Crippen molar-refractivity contribution in [3.63, 3.8) is 0 Å². The van der Waals surface area contributed by atoms with Gasteiger partial charge in [-0.25, -0.2) is 0 Å². The Morgan fingerprint density at radius 3 is 2.18 bits per heavy atom. The van der Waals surface area contributed by atoms with Crippen molar-refractivity contribution in [2.45, 2.75) is 62.6 Å². The lowest BCUT2D eigenvalue weighted by Gasteiger charge is -2.38. The maximum atomic E-state index is 12.9. The van der Waals surface area contributed by atoms with Crippen molar-refractivity contribution in [1.29, 1.82) is 0 Å². The van der Waals surface area contributed by atoms with Crippen molar-refractivity contribution < 1.29 is 19.4 Å². The van der Waals surface area contributed by atoms with Gasteiger partial charge in [-0.1, -0.05) is 6.07 Å². The van der Waals surface area contributed by atoms with E-state index in [0.717, 1.165) is 18.4 Å². The Bertz CT molecular complexity index is 662. The summed E-state index contributed by atoms with van der Waals surface area (Å²) in [6, 6.07) is 5.11. The maximum absolute atomic E-state index is 12.9. The van der Waals surface area contributed by atoms with Gasteiger partial charge in [0.25, 0.3) is 0 Å². The fourth-order valence-corrected chi connectivity index (χ4v) is 4.01. The molecule has 2 saturated heterocycles. The number of ether oxygens (including phenoxy) is 1. The van der Waals surface area contributed by atoms with Crippen molar-refractivity contribution in [3.05, 3.63) is 29.3 Å². The number of fused-ring (bicyclic) bond motifs is 2. The van der Waals surface area contributed by atoms with Crippen LogP contribution in [0.5, 0.6) is 5.75 Å². The molecule has 2 atom stereocenters. The molecule has 3 fully saturated rings. The van der Waals surface area contributed by atoms with Crippen LogP contribution in [0.3, 0.4) is 0 Å². The highest BCUT2D eigenvalue weighted by Gasteiger charge is 2.61. The van der Waals surface area contributed by atoms with Gasteiger partial charge in [-0.2, -0.15) is 0 Å². The molecule has 1 aromatic rings. The molecule has 2 bridgehead atoms. The highest BCUT2D eigenvalue weighted by Crippen LogP contribution is 2.51. The molecule has 2 heterocycles. The van der Waals surface area contributed by atoms with Crippen LogP contribution in [0.15, 0.2) is 18.2 Å². The van der Waals surface area contributed by atoms with Gasteiger partial charge in [0.2, 0.25) is 0 Å². The molecule has 4 nitrogen and oxygen atoms in total. The molecule has 116 valence electrons. The van der Waals surface area contributed by atoms with Gasteiger partial charge in [0, 0.05) is 0 Å². The number of carbonyl (C=O) groups is 2. The molecule has 0 radical (unpaired) electrons. The van der Waals surface area contributed by atoms with E-state index in [4.69, 9.17) is 4.74 Å². The van der Waals surface area contributed by atoms with E-state index >= 15 is 0 Å². The first kappa shape index (κ1) is 13.9. The predicted octanol–water partition coefficient (Wildman–Crippen LogP) is 2.83. The molecule has 1 aromatic carbocycles. The minimum atomic E-state index is -0.875. The Balaban J connectivity index is 1.87. The number of ketones is 2. The second-order valence-corrected chi connectivity index (χ2v) is 7.31. The van der Waals surface area contributed by atoms with Gasteiger partial charge in [0.05, 0.1) is 0 Å². The third-order valence-electron chi connectivity index (χ3n) is 5.50. The topological polar surface area (TPSA) is 63.6 Å². The molecule has 4 rings (SSSR count). The molecule has 2 aliphatic heterocycles. The van der Waals surface area contributed by atoms with Gasteiger partial charge in [0.1, 0.15) is 22.9 Å². The molecule has 0 spiro atoms. The van der Waals surface area contributed by atoms with Crippen LogP contribution in [0.25, 0.3) is 0 Å². The summed E-state index contributed by atoms with van der Waals surface area (Å²) in [5.41, 5.74) is -0.0164. The average molecular weight is 300 g/mol. The van der Waals surface area contributed by atoms with E-state index in [-0.39, 0.29) is 17.3 Å². The molecule has 4 heteroatoms. The summed E-state index contributed by atoms with van der Waals surface area (Å²) in [5, 5.41) is 9.86. The highest BCUT2D eigenvalue weighted by molar-refractivity contribution is 6.16. The number of aromatic hydroxyl groups is 1. The molecule has 1 saturated carbocycles. The third kappa shape index (κ3) is 1.80. The monoisotopic (exact) mass is 300 g/mol. The van der Waals surface area contributed by atoms with Crippen molar-refractivity contribution in [1.82, 2.24) is 0 Å². The normalized spacial score (nSPS) is 37.6. The van der Waals surface area contributed by atoms with Gasteiger partial charge in [-0.05, 0) is 68.7 Å². The number of hydrogen-bond donors (Lipinski definition) is 1. The quantitative estimate of drug-likeness (QED) is 0.853. The van der Waals surface area contributed by atoms with Crippen LogP contribution in [0.2, 0.25) is 0 Å². The Labute approximate surface area is 129 Å². The number of carbonyl (C=O) groups excluding carboxylic acids is 2. The molecular formula is C18H20O4. The van der Waals surface area contributed by atoms with E-state index in [1.54, 1.807) is 26.0 Å². The van der Waals surface area contributed by atoms with Gasteiger partial charge in [-0.3, -0.25) is 9.59 Å². The number of benzene rings is 1. The van der Waals surface area contributed by atoms with E-state index < -0.39 is 17.1 Å². The SMILES string of the molecule is CC12CCC(C)(O1)C(=O)C(c1cc(O)ccc1C1CC1)C2=O. The Morgan fingerprint density at radius 1 is 1.05 bits per heavy atom. The first-order valence-electron chi connectivity index (χ1n) is 7.96.